The van der Waals surface area contributed by atoms with Crippen molar-refractivity contribution < 1.29 is 13.2 Å². The summed E-state index contributed by atoms with van der Waals surface area (Å²) in [5.74, 6) is 0.339. The zero-order valence-corrected chi connectivity index (χ0v) is 20.4. The topological polar surface area (TPSA) is 111 Å². The number of nitrogens with zero attached hydrogens (tertiary/aromatic N) is 4. The van der Waals surface area contributed by atoms with Gasteiger partial charge in [-0.05, 0) is 62.4 Å². The van der Waals surface area contributed by atoms with Crippen LogP contribution in [0.1, 0.15) is 36.5 Å². The molecule has 0 atom stereocenters. The van der Waals surface area contributed by atoms with Gasteiger partial charge in [-0.15, -0.1) is 5.10 Å². The maximum absolute atomic E-state index is 13.2. The van der Waals surface area contributed by atoms with Gasteiger partial charge in [0.1, 0.15) is 6.33 Å². The summed E-state index contributed by atoms with van der Waals surface area (Å²) in [7, 11) is -3.66. The molecule has 1 aliphatic heterocycles. The Bertz CT molecular complexity index is 1330. The van der Waals surface area contributed by atoms with E-state index in [9.17, 15) is 13.2 Å². The van der Waals surface area contributed by atoms with Crippen LogP contribution in [0.4, 0.5) is 0 Å². The number of aromatic nitrogens is 3. The molecule has 34 heavy (non-hydrogen) atoms. The van der Waals surface area contributed by atoms with Gasteiger partial charge < -0.3 is 5.73 Å². The lowest BCUT2D eigenvalue weighted by Crippen LogP contribution is -2.37. The van der Waals surface area contributed by atoms with E-state index in [1.165, 1.54) is 27.6 Å². The van der Waals surface area contributed by atoms with Crippen LogP contribution in [0.5, 0.6) is 0 Å². The first kappa shape index (κ1) is 23.8. The Morgan fingerprint density at radius 3 is 2.41 bits per heavy atom. The fourth-order valence-corrected chi connectivity index (χ4v) is 5.70. The SMILES string of the molecule is Cc1cc(C)cc(-c2ncn(/C=C(/C(N)=O)c3cccc(S(=O)(=O)N4CCC(C)CC4)c3)n2)c1. The summed E-state index contributed by atoms with van der Waals surface area (Å²) in [6.45, 7) is 7.12. The van der Waals surface area contributed by atoms with Crippen molar-refractivity contribution in [2.45, 2.75) is 38.5 Å². The van der Waals surface area contributed by atoms with Crippen LogP contribution in [0.2, 0.25) is 0 Å². The van der Waals surface area contributed by atoms with E-state index in [2.05, 4.69) is 23.1 Å². The average Bonchev–Trinajstić information content (AvgIpc) is 3.26. The Morgan fingerprint density at radius 1 is 1.09 bits per heavy atom. The second kappa shape index (κ2) is 9.52. The largest absolute Gasteiger partial charge is 0.366 e. The molecule has 0 saturated carbocycles. The number of carbonyl (C=O) groups excluding carboxylic acids is 1. The fourth-order valence-electron chi connectivity index (χ4n) is 4.18. The molecule has 1 aromatic heterocycles. The molecule has 8 nitrogen and oxygen atoms in total. The van der Waals surface area contributed by atoms with E-state index in [-0.39, 0.29) is 10.5 Å². The number of benzene rings is 2. The monoisotopic (exact) mass is 479 g/mol. The van der Waals surface area contributed by atoms with Gasteiger partial charge in [-0.2, -0.15) is 4.31 Å². The molecule has 1 saturated heterocycles. The first-order chi connectivity index (χ1) is 16.1. The lowest BCUT2D eigenvalue weighted by Gasteiger charge is -2.29. The Morgan fingerprint density at radius 2 is 1.76 bits per heavy atom. The molecule has 2 N–H and O–H groups in total. The number of carbonyl (C=O) groups is 1. The van der Waals surface area contributed by atoms with E-state index >= 15 is 0 Å². The number of nitrogens with two attached hydrogens (primary N) is 1. The number of rotatable bonds is 6. The number of primary amides is 1. The van der Waals surface area contributed by atoms with Crippen LogP contribution in [-0.4, -0.2) is 46.5 Å². The third kappa shape index (κ3) is 5.10. The lowest BCUT2D eigenvalue weighted by molar-refractivity contribution is -0.112. The number of piperidine rings is 1. The van der Waals surface area contributed by atoms with Crippen LogP contribution in [0.3, 0.4) is 0 Å². The van der Waals surface area contributed by atoms with Crippen LogP contribution >= 0.6 is 0 Å². The smallest absolute Gasteiger partial charge is 0.250 e. The summed E-state index contributed by atoms with van der Waals surface area (Å²) in [4.78, 5) is 16.8. The zero-order chi connectivity index (χ0) is 24.5. The summed E-state index contributed by atoms with van der Waals surface area (Å²) in [6.07, 6.45) is 4.63. The molecule has 9 heteroatoms. The Balaban J connectivity index is 1.66. The third-order valence-corrected chi connectivity index (χ3v) is 7.94. The van der Waals surface area contributed by atoms with Gasteiger partial charge in [0.2, 0.25) is 10.0 Å². The average molecular weight is 480 g/mol. The highest BCUT2D eigenvalue weighted by molar-refractivity contribution is 7.89. The van der Waals surface area contributed by atoms with Crippen LogP contribution in [0.15, 0.2) is 53.7 Å². The molecule has 1 fully saturated rings. The van der Waals surface area contributed by atoms with E-state index in [1.54, 1.807) is 18.2 Å². The number of hydrogen-bond donors (Lipinski definition) is 1. The maximum Gasteiger partial charge on any atom is 0.250 e. The van der Waals surface area contributed by atoms with Gasteiger partial charge in [-0.25, -0.2) is 18.1 Å². The Kier molecular flexibility index (Phi) is 6.67. The summed E-state index contributed by atoms with van der Waals surface area (Å²) >= 11 is 0. The van der Waals surface area contributed by atoms with E-state index in [0.29, 0.717) is 30.4 Å². The molecule has 0 aliphatic carbocycles. The van der Waals surface area contributed by atoms with Crippen molar-refractivity contribution in [2.24, 2.45) is 11.7 Å². The summed E-state index contributed by atoms with van der Waals surface area (Å²) in [5, 5.41) is 4.46. The molecule has 1 aliphatic rings. The van der Waals surface area contributed by atoms with Gasteiger partial charge in [0.15, 0.2) is 5.82 Å². The predicted octanol–water partition coefficient (Wildman–Crippen LogP) is 3.47. The molecular formula is C25H29N5O3S. The quantitative estimate of drug-likeness (QED) is 0.544. The predicted molar refractivity (Wildman–Crippen MR) is 132 cm³/mol. The molecule has 178 valence electrons. The van der Waals surface area contributed by atoms with E-state index < -0.39 is 15.9 Å². The van der Waals surface area contributed by atoms with Crippen molar-refractivity contribution >= 4 is 27.7 Å². The molecule has 0 unspecified atom stereocenters. The second-order valence-electron chi connectivity index (χ2n) is 8.95. The molecule has 0 bridgehead atoms. The number of amides is 1. The highest BCUT2D eigenvalue weighted by atomic mass is 32.2. The van der Waals surface area contributed by atoms with Crippen LogP contribution in [0, 0.1) is 19.8 Å². The van der Waals surface area contributed by atoms with Gasteiger partial charge >= 0.3 is 0 Å². The third-order valence-electron chi connectivity index (χ3n) is 6.04. The molecule has 2 heterocycles. The minimum Gasteiger partial charge on any atom is -0.366 e. The molecule has 2 aromatic carbocycles. The highest BCUT2D eigenvalue weighted by Gasteiger charge is 2.28. The number of aryl methyl sites for hydroxylation is 2. The van der Waals surface area contributed by atoms with Crippen molar-refractivity contribution in [1.29, 1.82) is 0 Å². The second-order valence-corrected chi connectivity index (χ2v) is 10.9. The molecule has 0 radical (unpaired) electrons. The van der Waals surface area contributed by atoms with Crippen LogP contribution in [0.25, 0.3) is 23.2 Å². The van der Waals surface area contributed by atoms with Crippen molar-refractivity contribution in [3.63, 3.8) is 0 Å². The van der Waals surface area contributed by atoms with Crippen molar-refractivity contribution in [2.75, 3.05) is 13.1 Å². The minimum absolute atomic E-state index is 0.140. The molecule has 4 rings (SSSR count). The standard InChI is InChI=1S/C25H29N5O3S/c1-17-7-9-30(10-8-17)34(32,33)22-6-4-5-20(14-22)23(24(26)31)15-29-16-27-25(28-29)21-12-18(2)11-19(3)13-21/h4-6,11-17H,7-10H2,1-3H3,(H2,26,31)/b23-15+. The molecule has 0 spiro atoms. The van der Waals surface area contributed by atoms with E-state index in [1.807, 2.05) is 26.0 Å². The van der Waals surface area contributed by atoms with Crippen molar-refractivity contribution in [3.05, 3.63) is 65.5 Å². The number of hydrogen-bond acceptors (Lipinski definition) is 5. The summed E-state index contributed by atoms with van der Waals surface area (Å²) in [6, 6.07) is 12.4. The van der Waals surface area contributed by atoms with Crippen LogP contribution in [-0.2, 0) is 14.8 Å². The fraction of sp³-hybridized carbons (Fsp3) is 0.320. The van der Waals surface area contributed by atoms with Gasteiger partial charge in [0, 0.05) is 24.9 Å². The Labute approximate surface area is 200 Å². The van der Waals surface area contributed by atoms with Crippen molar-refractivity contribution in [1.82, 2.24) is 19.1 Å². The molecule has 3 aromatic rings. The summed E-state index contributed by atoms with van der Waals surface area (Å²) in [5.41, 5.74) is 9.27. The molecule has 1 amide bonds. The lowest BCUT2D eigenvalue weighted by atomic mass is 10.0. The normalized spacial score (nSPS) is 16.0. The minimum atomic E-state index is -3.66. The first-order valence-electron chi connectivity index (χ1n) is 11.3. The van der Waals surface area contributed by atoms with Crippen LogP contribution < -0.4 is 5.73 Å². The molecular weight excluding hydrogens is 450 g/mol. The van der Waals surface area contributed by atoms with Crippen molar-refractivity contribution in [3.8, 4) is 11.4 Å². The first-order valence-corrected chi connectivity index (χ1v) is 12.7. The van der Waals surface area contributed by atoms with Gasteiger partial charge in [0.05, 0.1) is 10.5 Å². The van der Waals surface area contributed by atoms with E-state index in [0.717, 1.165) is 29.5 Å². The van der Waals surface area contributed by atoms with Gasteiger partial charge in [-0.3, -0.25) is 4.79 Å². The highest BCUT2D eigenvalue weighted by Crippen LogP contribution is 2.26. The van der Waals surface area contributed by atoms with Gasteiger partial charge in [0.25, 0.3) is 5.91 Å². The number of sulfonamides is 1. The maximum atomic E-state index is 13.2. The van der Waals surface area contributed by atoms with E-state index in [4.69, 9.17) is 5.73 Å². The summed E-state index contributed by atoms with van der Waals surface area (Å²) < 4.78 is 29.3. The van der Waals surface area contributed by atoms with Gasteiger partial charge in [-0.1, -0.05) is 36.2 Å². The zero-order valence-electron chi connectivity index (χ0n) is 19.6. The Hall–Kier alpha value is -3.30.